The molecule has 5 heteroatoms. The lowest BCUT2D eigenvalue weighted by atomic mass is 10.0. The number of carbonyl (C=O) groups is 1. The molecule has 0 aliphatic heterocycles. The Bertz CT molecular complexity index is 269. The lowest BCUT2D eigenvalue weighted by molar-refractivity contribution is -0.119. The Morgan fingerprint density at radius 1 is 1.43 bits per heavy atom. The Balaban J connectivity index is 3.77. The van der Waals surface area contributed by atoms with Crippen LogP contribution in [0.15, 0.2) is 0 Å². The second kappa shape index (κ2) is 6.14. The van der Waals surface area contributed by atoms with E-state index in [1.165, 1.54) is 0 Å². The third-order valence-electron chi connectivity index (χ3n) is 1.78. The van der Waals surface area contributed by atoms with E-state index < -0.39 is 9.84 Å². The third kappa shape index (κ3) is 8.19. The molecule has 1 atom stereocenters. The van der Waals surface area contributed by atoms with Gasteiger partial charge in [-0.3, -0.25) is 4.79 Å². The van der Waals surface area contributed by atoms with Crippen LogP contribution in [0.4, 0.5) is 0 Å². The molecule has 0 fully saturated rings. The Morgan fingerprint density at radius 3 is 2.43 bits per heavy atom. The predicted octanol–water partition coefficient (Wildman–Crippen LogP) is 0.663. The van der Waals surface area contributed by atoms with Crippen molar-refractivity contribution in [3.8, 4) is 0 Å². The smallest absolute Gasteiger partial charge is 0.147 e. The first-order valence-corrected chi connectivity index (χ1v) is 6.59. The highest BCUT2D eigenvalue weighted by Crippen LogP contribution is 2.05. The van der Waals surface area contributed by atoms with Crippen LogP contribution in [-0.4, -0.2) is 39.9 Å². The summed E-state index contributed by atoms with van der Waals surface area (Å²) in [6.07, 6.45) is 1.65. The van der Waals surface area contributed by atoms with Crippen molar-refractivity contribution in [1.29, 1.82) is 0 Å². The summed E-state index contributed by atoms with van der Waals surface area (Å²) in [6.45, 7) is 2.44. The Labute approximate surface area is 85.6 Å². The molecule has 14 heavy (non-hydrogen) atoms. The average Bonchev–Trinajstić information content (AvgIpc) is 2.00. The van der Waals surface area contributed by atoms with E-state index >= 15 is 0 Å². The molecule has 0 heterocycles. The summed E-state index contributed by atoms with van der Waals surface area (Å²) >= 11 is 0. The first-order valence-electron chi connectivity index (χ1n) is 4.53. The summed E-state index contributed by atoms with van der Waals surface area (Å²) in [4.78, 5) is 11.3. The van der Waals surface area contributed by atoms with Crippen LogP contribution in [0.25, 0.3) is 0 Å². The van der Waals surface area contributed by atoms with E-state index in [-0.39, 0.29) is 23.9 Å². The molecule has 0 amide bonds. The summed E-state index contributed by atoms with van der Waals surface area (Å²) in [7, 11) is -1.44. The quantitative estimate of drug-likeness (QED) is 0.635. The first kappa shape index (κ1) is 13.6. The van der Waals surface area contributed by atoms with Gasteiger partial charge in [0.2, 0.25) is 0 Å². The van der Waals surface area contributed by atoms with Crippen LogP contribution in [0.5, 0.6) is 0 Å². The van der Waals surface area contributed by atoms with Gasteiger partial charge in [-0.15, -0.1) is 0 Å². The molecule has 0 bridgehead atoms. The fourth-order valence-corrected chi connectivity index (χ4v) is 1.73. The van der Waals surface area contributed by atoms with E-state index in [4.69, 9.17) is 4.74 Å². The predicted molar refractivity (Wildman–Crippen MR) is 55.0 cm³/mol. The largest absolute Gasteiger partial charge is 0.384 e. The molecule has 0 rings (SSSR count). The molecular formula is C9H18O4S. The van der Waals surface area contributed by atoms with Gasteiger partial charge in [-0.1, -0.05) is 6.92 Å². The number of sulfone groups is 1. The van der Waals surface area contributed by atoms with E-state index in [2.05, 4.69) is 0 Å². The minimum Gasteiger partial charge on any atom is -0.384 e. The van der Waals surface area contributed by atoms with Crippen molar-refractivity contribution in [2.24, 2.45) is 5.92 Å². The van der Waals surface area contributed by atoms with Crippen LogP contribution in [0, 0.1) is 5.92 Å². The van der Waals surface area contributed by atoms with Crippen LogP contribution in [0.1, 0.15) is 19.8 Å². The van der Waals surface area contributed by atoms with Crippen LogP contribution < -0.4 is 0 Å². The highest BCUT2D eigenvalue weighted by molar-refractivity contribution is 7.90. The van der Waals surface area contributed by atoms with Gasteiger partial charge in [0.25, 0.3) is 0 Å². The summed E-state index contributed by atoms with van der Waals surface area (Å²) in [5.74, 6) is 0.0953. The zero-order valence-electron chi connectivity index (χ0n) is 8.95. The van der Waals surface area contributed by atoms with Crippen LogP contribution in [-0.2, 0) is 19.4 Å². The van der Waals surface area contributed by atoms with Crippen LogP contribution >= 0.6 is 0 Å². The molecule has 0 N–H and O–H groups in total. The van der Waals surface area contributed by atoms with Gasteiger partial charge < -0.3 is 4.74 Å². The van der Waals surface area contributed by atoms with Gasteiger partial charge >= 0.3 is 0 Å². The normalized spacial score (nSPS) is 13.9. The maximum absolute atomic E-state index is 11.3. The number of rotatable bonds is 7. The van der Waals surface area contributed by atoms with Gasteiger partial charge in [0.15, 0.2) is 0 Å². The first-order chi connectivity index (χ1) is 6.35. The van der Waals surface area contributed by atoms with Gasteiger partial charge in [-0.05, 0) is 5.92 Å². The fraction of sp³-hybridized carbons (Fsp3) is 0.889. The molecule has 0 aromatic rings. The second-order valence-corrected chi connectivity index (χ2v) is 5.94. The van der Waals surface area contributed by atoms with Crippen molar-refractivity contribution in [3.63, 3.8) is 0 Å². The van der Waals surface area contributed by atoms with Gasteiger partial charge in [-0.25, -0.2) is 8.42 Å². The third-order valence-corrected chi connectivity index (χ3v) is 2.72. The number of ether oxygens (including phenoxy) is 1. The van der Waals surface area contributed by atoms with Gasteiger partial charge in [-0.2, -0.15) is 0 Å². The average molecular weight is 222 g/mol. The molecule has 1 unspecified atom stereocenters. The minimum absolute atomic E-state index is 0.0139. The number of Topliss-reactive ketones (excluding diaryl/α,β-unsaturated/α-hetero) is 1. The summed E-state index contributed by atoms with van der Waals surface area (Å²) < 4.78 is 26.4. The van der Waals surface area contributed by atoms with Crippen LogP contribution in [0.3, 0.4) is 0 Å². The number of carbonyl (C=O) groups excluding carboxylic acids is 1. The standard InChI is InChI=1S/C9H18O4S/c1-8(7-13-2)6-9(10)4-5-14(3,11)12/h8H,4-7H2,1-3H3. The minimum atomic E-state index is -3.02. The lowest BCUT2D eigenvalue weighted by Crippen LogP contribution is -2.14. The summed E-state index contributed by atoms with van der Waals surface area (Å²) in [5, 5.41) is 0. The fourth-order valence-electron chi connectivity index (χ4n) is 1.13. The van der Waals surface area contributed by atoms with Crippen molar-refractivity contribution >= 4 is 15.6 Å². The summed E-state index contributed by atoms with van der Waals surface area (Å²) in [5.41, 5.74) is 0. The van der Waals surface area contributed by atoms with Crippen molar-refractivity contribution in [2.45, 2.75) is 19.8 Å². The van der Waals surface area contributed by atoms with Crippen LogP contribution in [0.2, 0.25) is 0 Å². The molecule has 0 saturated heterocycles. The Kier molecular flexibility index (Phi) is 5.95. The van der Waals surface area contributed by atoms with Crippen molar-refractivity contribution in [2.75, 3.05) is 25.7 Å². The molecule has 4 nitrogen and oxygen atoms in total. The molecule has 0 aliphatic carbocycles. The molecular weight excluding hydrogens is 204 g/mol. The molecule has 84 valence electrons. The topological polar surface area (TPSA) is 60.4 Å². The van der Waals surface area contributed by atoms with E-state index in [9.17, 15) is 13.2 Å². The zero-order chi connectivity index (χ0) is 11.2. The molecule has 0 aromatic heterocycles. The molecule has 0 radical (unpaired) electrons. The maximum Gasteiger partial charge on any atom is 0.147 e. The van der Waals surface area contributed by atoms with Crippen molar-refractivity contribution in [3.05, 3.63) is 0 Å². The highest BCUT2D eigenvalue weighted by atomic mass is 32.2. The molecule has 0 saturated carbocycles. The number of hydrogen-bond donors (Lipinski definition) is 0. The second-order valence-electron chi connectivity index (χ2n) is 3.68. The number of methoxy groups -OCH3 is 1. The van der Waals surface area contributed by atoms with Gasteiger partial charge in [0, 0.05) is 32.8 Å². The number of hydrogen-bond acceptors (Lipinski definition) is 4. The molecule has 0 aliphatic rings. The van der Waals surface area contributed by atoms with E-state index in [1.807, 2.05) is 6.92 Å². The lowest BCUT2D eigenvalue weighted by Gasteiger charge is -2.08. The molecule has 0 spiro atoms. The van der Waals surface area contributed by atoms with Crippen molar-refractivity contribution in [1.82, 2.24) is 0 Å². The van der Waals surface area contributed by atoms with E-state index in [1.54, 1.807) is 7.11 Å². The SMILES string of the molecule is COCC(C)CC(=O)CCS(C)(=O)=O. The van der Waals surface area contributed by atoms with Crippen molar-refractivity contribution < 1.29 is 17.9 Å². The number of ketones is 1. The monoisotopic (exact) mass is 222 g/mol. The maximum atomic E-state index is 11.3. The van der Waals surface area contributed by atoms with E-state index in [0.29, 0.717) is 13.0 Å². The Hall–Kier alpha value is -0.420. The molecule has 0 aromatic carbocycles. The van der Waals surface area contributed by atoms with Gasteiger partial charge in [0.1, 0.15) is 15.6 Å². The highest BCUT2D eigenvalue weighted by Gasteiger charge is 2.11. The Morgan fingerprint density at radius 2 is 2.00 bits per heavy atom. The van der Waals surface area contributed by atoms with Gasteiger partial charge in [0.05, 0.1) is 5.75 Å². The van der Waals surface area contributed by atoms with E-state index in [0.717, 1.165) is 6.26 Å². The summed E-state index contributed by atoms with van der Waals surface area (Å²) in [6, 6.07) is 0. The zero-order valence-corrected chi connectivity index (χ0v) is 9.76.